The molecule has 0 spiro atoms. The van der Waals surface area contributed by atoms with Crippen molar-refractivity contribution < 1.29 is 9.59 Å². The number of carbonyl (C=O) groups excluding carboxylic acids is 2. The highest BCUT2D eigenvalue weighted by atomic mass is 16.2. The van der Waals surface area contributed by atoms with Crippen LogP contribution in [0.15, 0.2) is 60.8 Å². The van der Waals surface area contributed by atoms with E-state index in [0.717, 1.165) is 16.5 Å². The number of anilines is 2. The van der Waals surface area contributed by atoms with Crippen LogP contribution >= 0.6 is 0 Å². The predicted octanol–water partition coefficient (Wildman–Crippen LogP) is 2.91. The number of nitrogens with two attached hydrogens (primary N) is 1. The lowest BCUT2D eigenvalue weighted by atomic mass is 10.1. The average molecular weight is 320 g/mol. The van der Waals surface area contributed by atoms with Crippen molar-refractivity contribution in [2.75, 3.05) is 10.6 Å². The van der Waals surface area contributed by atoms with Gasteiger partial charge in [-0.2, -0.15) is 0 Å². The van der Waals surface area contributed by atoms with Crippen molar-refractivity contribution >= 4 is 34.2 Å². The molecule has 0 saturated carbocycles. The molecule has 0 saturated heterocycles. The third-order valence-electron chi connectivity index (χ3n) is 3.50. The fourth-order valence-corrected chi connectivity index (χ4v) is 2.47. The van der Waals surface area contributed by atoms with E-state index in [1.807, 2.05) is 30.3 Å². The highest BCUT2D eigenvalue weighted by Crippen LogP contribution is 2.18. The zero-order chi connectivity index (χ0) is 16.9. The van der Waals surface area contributed by atoms with Gasteiger partial charge in [-0.15, -0.1) is 0 Å². The van der Waals surface area contributed by atoms with Gasteiger partial charge >= 0.3 is 6.03 Å². The fraction of sp³-hybridized carbons (Fsp3) is 0.0556. The van der Waals surface area contributed by atoms with E-state index in [-0.39, 0.29) is 12.3 Å². The zero-order valence-corrected chi connectivity index (χ0v) is 12.8. The van der Waals surface area contributed by atoms with E-state index in [1.54, 1.807) is 30.5 Å². The molecule has 3 amide bonds. The lowest BCUT2D eigenvalue weighted by Gasteiger charge is -2.08. The molecule has 0 aliphatic rings. The van der Waals surface area contributed by atoms with Gasteiger partial charge in [0.2, 0.25) is 5.91 Å². The van der Waals surface area contributed by atoms with Gasteiger partial charge in [0.15, 0.2) is 0 Å². The second-order valence-electron chi connectivity index (χ2n) is 5.28. The molecule has 0 aliphatic heterocycles. The normalized spacial score (nSPS) is 10.3. The number of para-hydroxylation sites is 1. The summed E-state index contributed by atoms with van der Waals surface area (Å²) in [5, 5.41) is 6.29. The molecule has 2 aromatic carbocycles. The number of carbonyl (C=O) groups is 2. The van der Waals surface area contributed by atoms with Gasteiger partial charge in [-0.05, 0) is 35.9 Å². The fourth-order valence-electron chi connectivity index (χ4n) is 2.47. The molecule has 0 radical (unpaired) electrons. The predicted molar refractivity (Wildman–Crippen MR) is 93.7 cm³/mol. The lowest BCUT2D eigenvalue weighted by molar-refractivity contribution is -0.115. The molecule has 3 rings (SSSR count). The number of fused-ring (bicyclic) bond motifs is 1. The van der Waals surface area contributed by atoms with Crippen LogP contribution in [0.5, 0.6) is 0 Å². The quantitative estimate of drug-likeness (QED) is 0.689. The molecule has 4 N–H and O–H groups in total. The molecular formula is C18H16N4O2. The maximum atomic E-state index is 12.3. The molecule has 0 fully saturated rings. The maximum Gasteiger partial charge on any atom is 0.316 e. The van der Waals surface area contributed by atoms with Crippen molar-refractivity contribution in [3.8, 4) is 0 Å². The van der Waals surface area contributed by atoms with Crippen LogP contribution in [0.3, 0.4) is 0 Å². The first kappa shape index (κ1) is 15.5. The van der Waals surface area contributed by atoms with Crippen molar-refractivity contribution in [2.24, 2.45) is 5.73 Å². The van der Waals surface area contributed by atoms with Crippen molar-refractivity contribution in [3.05, 3.63) is 66.4 Å². The number of amides is 3. The number of hydrogen-bond acceptors (Lipinski definition) is 3. The van der Waals surface area contributed by atoms with Crippen LogP contribution in [0.4, 0.5) is 16.2 Å². The van der Waals surface area contributed by atoms with E-state index in [4.69, 9.17) is 5.73 Å². The van der Waals surface area contributed by atoms with E-state index in [1.165, 1.54) is 0 Å². The molecule has 0 unspecified atom stereocenters. The first-order chi connectivity index (χ1) is 11.6. The van der Waals surface area contributed by atoms with Gasteiger partial charge < -0.3 is 16.4 Å². The molecule has 6 nitrogen and oxygen atoms in total. The smallest absolute Gasteiger partial charge is 0.316 e. The number of aromatic nitrogens is 1. The molecule has 3 aromatic rings. The number of benzene rings is 2. The van der Waals surface area contributed by atoms with E-state index in [9.17, 15) is 9.59 Å². The number of primary amides is 1. The Morgan fingerprint density at radius 3 is 2.29 bits per heavy atom. The number of pyridine rings is 1. The van der Waals surface area contributed by atoms with Gasteiger partial charge in [-0.3, -0.25) is 9.78 Å². The van der Waals surface area contributed by atoms with Crippen LogP contribution in [0.2, 0.25) is 0 Å². The summed E-state index contributed by atoms with van der Waals surface area (Å²) >= 11 is 0. The first-order valence-corrected chi connectivity index (χ1v) is 7.41. The average Bonchev–Trinajstić information content (AvgIpc) is 2.56. The number of urea groups is 1. The monoisotopic (exact) mass is 320 g/mol. The summed E-state index contributed by atoms with van der Waals surface area (Å²) in [6, 6.07) is 15.7. The molecule has 120 valence electrons. The highest BCUT2D eigenvalue weighted by Gasteiger charge is 2.08. The molecule has 0 atom stereocenters. The van der Waals surface area contributed by atoms with E-state index in [0.29, 0.717) is 11.4 Å². The second-order valence-corrected chi connectivity index (χ2v) is 5.28. The summed E-state index contributed by atoms with van der Waals surface area (Å²) in [6.07, 6.45) is 1.95. The van der Waals surface area contributed by atoms with Crippen LogP contribution in [0, 0.1) is 0 Å². The molecular weight excluding hydrogens is 304 g/mol. The van der Waals surface area contributed by atoms with Gasteiger partial charge in [0.05, 0.1) is 11.9 Å². The highest BCUT2D eigenvalue weighted by molar-refractivity contribution is 5.95. The minimum atomic E-state index is -0.629. The number of nitrogens with one attached hydrogen (secondary N) is 2. The Hall–Kier alpha value is -3.41. The number of nitrogens with zero attached hydrogens (tertiary/aromatic N) is 1. The second kappa shape index (κ2) is 6.78. The standard InChI is InChI=1S/C18H16N4O2/c19-18(24)22-15-8-6-14(7-9-15)21-16(23)11-13-4-1-3-12-5-2-10-20-17(12)13/h1-10H,11H2,(H,21,23)(H3,19,22,24). The Morgan fingerprint density at radius 2 is 1.58 bits per heavy atom. The summed E-state index contributed by atoms with van der Waals surface area (Å²) in [6.45, 7) is 0. The van der Waals surface area contributed by atoms with Crippen molar-refractivity contribution in [1.82, 2.24) is 4.98 Å². The summed E-state index contributed by atoms with van der Waals surface area (Å²) in [5.41, 5.74) is 7.96. The van der Waals surface area contributed by atoms with Crippen LogP contribution in [-0.4, -0.2) is 16.9 Å². The summed E-state index contributed by atoms with van der Waals surface area (Å²) in [7, 11) is 0. The van der Waals surface area contributed by atoms with Crippen LogP contribution in [-0.2, 0) is 11.2 Å². The van der Waals surface area contributed by atoms with Gasteiger partial charge in [-0.25, -0.2) is 4.79 Å². The number of rotatable bonds is 4. The molecule has 0 aliphatic carbocycles. The van der Waals surface area contributed by atoms with Gasteiger partial charge in [0, 0.05) is 23.0 Å². The van der Waals surface area contributed by atoms with Gasteiger partial charge in [0.25, 0.3) is 0 Å². The Kier molecular flexibility index (Phi) is 4.38. The molecule has 6 heteroatoms. The van der Waals surface area contributed by atoms with Crippen molar-refractivity contribution in [1.29, 1.82) is 0 Å². The number of hydrogen-bond donors (Lipinski definition) is 3. The Bertz CT molecular complexity index is 886. The van der Waals surface area contributed by atoms with E-state index >= 15 is 0 Å². The topological polar surface area (TPSA) is 97.1 Å². The van der Waals surface area contributed by atoms with Crippen molar-refractivity contribution in [2.45, 2.75) is 6.42 Å². The third-order valence-corrected chi connectivity index (χ3v) is 3.50. The Morgan fingerprint density at radius 1 is 0.917 bits per heavy atom. The summed E-state index contributed by atoms with van der Waals surface area (Å²) in [5.74, 6) is -0.135. The minimum Gasteiger partial charge on any atom is -0.351 e. The third kappa shape index (κ3) is 3.67. The van der Waals surface area contributed by atoms with Crippen LogP contribution in [0.1, 0.15) is 5.56 Å². The maximum absolute atomic E-state index is 12.3. The molecule has 1 heterocycles. The van der Waals surface area contributed by atoms with Crippen molar-refractivity contribution in [3.63, 3.8) is 0 Å². The zero-order valence-electron chi connectivity index (χ0n) is 12.8. The van der Waals surface area contributed by atoms with Crippen LogP contribution in [0.25, 0.3) is 10.9 Å². The Balaban J connectivity index is 1.70. The van der Waals surface area contributed by atoms with Gasteiger partial charge in [-0.1, -0.05) is 24.3 Å². The van der Waals surface area contributed by atoms with Crippen LogP contribution < -0.4 is 16.4 Å². The molecule has 24 heavy (non-hydrogen) atoms. The molecule has 0 bridgehead atoms. The van der Waals surface area contributed by atoms with Gasteiger partial charge in [0.1, 0.15) is 0 Å². The SMILES string of the molecule is NC(=O)Nc1ccc(NC(=O)Cc2cccc3cccnc23)cc1. The molecule has 1 aromatic heterocycles. The minimum absolute atomic E-state index is 0.135. The summed E-state index contributed by atoms with van der Waals surface area (Å²) < 4.78 is 0. The summed E-state index contributed by atoms with van der Waals surface area (Å²) in [4.78, 5) is 27.4. The van der Waals surface area contributed by atoms with E-state index in [2.05, 4.69) is 15.6 Å². The Labute approximate surface area is 138 Å². The van der Waals surface area contributed by atoms with E-state index < -0.39 is 6.03 Å². The largest absolute Gasteiger partial charge is 0.351 e. The first-order valence-electron chi connectivity index (χ1n) is 7.41. The lowest BCUT2D eigenvalue weighted by Crippen LogP contribution is -2.19.